The third-order valence-corrected chi connectivity index (χ3v) is 5.99. The molecule has 0 fully saturated rings. The molecule has 5 nitrogen and oxygen atoms in total. The highest BCUT2D eigenvalue weighted by Gasteiger charge is 2.17. The van der Waals surface area contributed by atoms with Gasteiger partial charge in [-0.05, 0) is 61.2 Å². The van der Waals surface area contributed by atoms with Crippen LogP contribution in [0.3, 0.4) is 0 Å². The predicted molar refractivity (Wildman–Crippen MR) is 135 cm³/mol. The second-order valence-corrected chi connectivity index (χ2v) is 8.65. The first-order chi connectivity index (χ1) is 15.9. The highest BCUT2D eigenvalue weighted by atomic mass is 35.5. The number of anilines is 1. The van der Waals surface area contributed by atoms with Crippen LogP contribution in [-0.4, -0.2) is 22.5 Å². The van der Waals surface area contributed by atoms with Crippen LogP contribution in [0.2, 0.25) is 5.02 Å². The van der Waals surface area contributed by atoms with Gasteiger partial charge in [0.05, 0.1) is 12.1 Å². The molecule has 3 aromatic carbocycles. The Bertz CT molecular complexity index is 1350. The fourth-order valence-electron chi connectivity index (χ4n) is 3.87. The molecule has 0 radical (unpaired) electrons. The first-order valence-electron chi connectivity index (χ1n) is 10.9. The Balaban J connectivity index is 1.63. The molecule has 0 spiro atoms. The highest BCUT2D eigenvalue weighted by Crippen LogP contribution is 2.21. The second-order valence-electron chi connectivity index (χ2n) is 8.21. The van der Waals surface area contributed by atoms with E-state index in [1.807, 2.05) is 62.4 Å². The predicted octanol–water partition coefficient (Wildman–Crippen LogP) is 6.08. The number of pyridine rings is 1. The summed E-state index contributed by atoms with van der Waals surface area (Å²) in [7, 11) is 0. The number of carbonyl (C=O) groups is 1. The quantitative estimate of drug-likeness (QED) is 0.367. The van der Waals surface area contributed by atoms with E-state index < -0.39 is 0 Å². The van der Waals surface area contributed by atoms with Crippen LogP contribution >= 0.6 is 11.6 Å². The molecule has 0 aliphatic heterocycles. The number of benzene rings is 3. The van der Waals surface area contributed by atoms with Crippen LogP contribution < -0.4 is 10.9 Å². The number of carbonyl (C=O) groups excluding carboxylic acids is 1. The molecule has 4 aromatic rings. The number of aromatic nitrogens is 1. The SMILES string of the molecule is Cc1ccc(C)c2[nH]c(=O)c(CN(CCc3ccccc3)C(=O)Nc3cccc(Cl)c3)cc12. The van der Waals surface area contributed by atoms with Gasteiger partial charge < -0.3 is 15.2 Å². The van der Waals surface area contributed by atoms with E-state index in [1.165, 1.54) is 0 Å². The Kier molecular flexibility index (Phi) is 6.80. The maximum atomic E-state index is 13.2. The van der Waals surface area contributed by atoms with E-state index in [9.17, 15) is 9.59 Å². The average Bonchev–Trinajstić information content (AvgIpc) is 2.80. The number of hydrogen-bond donors (Lipinski definition) is 2. The summed E-state index contributed by atoms with van der Waals surface area (Å²) >= 11 is 6.07. The molecule has 33 heavy (non-hydrogen) atoms. The van der Waals surface area contributed by atoms with Crippen molar-refractivity contribution in [3.8, 4) is 0 Å². The van der Waals surface area contributed by atoms with Crippen LogP contribution in [0.1, 0.15) is 22.3 Å². The lowest BCUT2D eigenvalue weighted by molar-refractivity contribution is 0.209. The third kappa shape index (κ3) is 5.44. The minimum absolute atomic E-state index is 0.184. The summed E-state index contributed by atoms with van der Waals surface area (Å²) in [5.74, 6) is 0. The molecule has 0 saturated carbocycles. The molecule has 4 rings (SSSR count). The van der Waals surface area contributed by atoms with Crippen molar-refractivity contribution in [2.75, 3.05) is 11.9 Å². The average molecular weight is 460 g/mol. The van der Waals surface area contributed by atoms with Gasteiger partial charge in [0.25, 0.3) is 5.56 Å². The molecule has 1 aromatic heterocycles. The van der Waals surface area contributed by atoms with Crippen molar-refractivity contribution >= 4 is 34.2 Å². The first-order valence-corrected chi connectivity index (χ1v) is 11.3. The van der Waals surface area contributed by atoms with Crippen LogP contribution in [0.25, 0.3) is 10.9 Å². The molecule has 2 N–H and O–H groups in total. The van der Waals surface area contributed by atoms with Crippen molar-refractivity contribution < 1.29 is 4.79 Å². The fourth-order valence-corrected chi connectivity index (χ4v) is 4.06. The molecular weight excluding hydrogens is 434 g/mol. The largest absolute Gasteiger partial charge is 0.322 e. The third-order valence-electron chi connectivity index (χ3n) is 5.76. The summed E-state index contributed by atoms with van der Waals surface area (Å²) < 4.78 is 0. The molecule has 0 bridgehead atoms. The number of halogens is 1. The topological polar surface area (TPSA) is 65.2 Å². The van der Waals surface area contributed by atoms with E-state index in [1.54, 1.807) is 29.2 Å². The molecule has 2 amide bonds. The van der Waals surface area contributed by atoms with Gasteiger partial charge in [-0.15, -0.1) is 0 Å². The maximum Gasteiger partial charge on any atom is 0.322 e. The lowest BCUT2D eigenvalue weighted by Crippen LogP contribution is -2.37. The summed E-state index contributed by atoms with van der Waals surface area (Å²) in [4.78, 5) is 30.8. The van der Waals surface area contributed by atoms with Gasteiger partial charge in [-0.3, -0.25) is 4.79 Å². The molecule has 0 aliphatic rings. The number of H-pyrrole nitrogens is 1. The minimum Gasteiger partial charge on any atom is -0.321 e. The zero-order valence-electron chi connectivity index (χ0n) is 18.7. The van der Waals surface area contributed by atoms with E-state index in [-0.39, 0.29) is 18.1 Å². The molecular formula is C27H26ClN3O2. The number of rotatable bonds is 6. The number of fused-ring (bicyclic) bond motifs is 1. The summed E-state index contributed by atoms with van der Waals surface area (Å²) in [5, 5.41) is 4.44. The van der Waals surface area contributed by atoms with E-state index in [0.29, 0.717) is 29.2 Å². The molecule has 0 aliphatic carbocycles. The Morgan fingerprint density at radius 3 is 2.48 bits per heavy atom. The van der Waals surface area contributed by atoms with Crippen LogP contribution in [-0.2, 0) is 13.0 Å². The van der Waals surface area contributed by atoms with Gasteiger partial charge in [-0.25, -0.2) is 4.79 Å². The van der Waals surface area contributed by atoms with Gasteiger partial charge in [0.15, 0.2) is 0 Å². The summed E-state index contributed by atoms with van der Waals surface area (Å²) in [6.07, 6.45) is 0.674. The van der Waals surface area contributed by atoms with E-state index in [0.717, 1.165) is 27.6 Å². The summed E-state index contributed by atoms with van der Waals surface area (Å²) in [6, 6.07) is 22.7. The highest BCUT2D eigenvalue weighted by molar-refractivity contribution is 6.30. The second kappa shape index (κ2) is 9.92. The number of aryl methyl sites for hydroxylation is 2. The van der Waals surface area contributed by atoms with E-state index in [4.69, 9.17) is 11.6 Å². The van der Waals surface area contributed by atoms with Gasteiger partial charge in [0.1, 0.15) is 0 Å². The molecule has 1 heterocycles. The lowest BCUT2D eigenvalue weighted by atomic mass is 10.0. The Hall–Kier alpha value is -3.57. The van der Waals surface area contributed by atoms with Gasteiger partial charge >= 0.3 is 6.03 Å². The van der Waals surface area contributed by atoms with E-state index in [2.05, 4.69) is 10.3 Å². The van der Waals surface area contributed by atoms with Crippen molar-refractivity contribution in [1.82, 2.24) is 9.88 Å². The Morgan fingerprint density at radius 1 is 0.970 bits per heavy atom. The summed E-state index contributed by atoms with van der Waals surface area (Å²) in [6.45, 7) is 4.64. The molecule has 6 heteroatoms. The Morgan fingerprint density at radius 2 is 1.73 bits per heavy atom. The molecule has 0 saturated heterocycles. The van der Waals surface area contributed by atoms with Crippen molar-refractivity contribution in [3.05, 3.63) is 110 Å². The minimum atomic E-state index is -0.284. The van der Waals surface area contributed by atoms with Crippen molar-refractivity contribution in [1.29, 1.82) is 0 Å². The smallest absolute Gasteiger partial charge is 0.321 e. The van der Waals surface area contributed by atoms with Gasteiger partial charge in [-0.2, -0.15) is 0 Å². The number of amides is 2. The van der Waals surface area contributed by atoms with E-state index >= 15 is 0 Å². The standard InChI is InChI=1S/C27H26ClN3O2/c1-18-11-12-19(2)25-24(18)15-21(26(32)30-25)17-31(14-13-20-7-4-3-5-8-20)27(33)29-23-10-6-9-22(28)16-23/h3-12,15-16H,13-14,17H2,1-2H3,(H,29,33)(H,30,32). The zero-order chi connectivity index (χ0) is 23.4. The number of nitrogens with one attached hydrogen (secondary N) is 2. The van der Waals surface area contributed by atoms with Crippen LogP contribution in [0.4, 0.5) is 10.5 Å². The van der Waals surface area contributed by atoms with Crippen LogP contribution in [0.15, 0.2) is 77.6 Å². The van der Waals surface area contributed by atoms with Gasteiger partial charge in [-0.1, -0.05) is 60.1 Å². The number of nitrogens with zero attached hydrogens (tertiary/aromatic N) is 1. The number of urea groups is 1. The van der Waals surface area contributed by atoms with Crippen molar-refractivity contribution in [2.45, 2.75) is 26.8 Å². The van der Waals surface area contributed by atoms with Crippen molar-refractivity contribution in [3.63, 3.8) is 0 Å². The molecule has 0 unspecified atom stereocenters. The van der Waals surface area contributed by atoms with Crippen LogP contribution in [0, 0.1) is 13.8 Å². The normalized spacial score (nSPS) is 10.9. The Labute approximate surface area is 198 Å². The number of aromatic amines is 1. The van der Waals surface area contributed by atoms with Crippen molar-refractivity contribution in [2.24, 2.45) is 0 Å². The molecule has 0 atom stereocenters. The maximum absolute atomic E-state index is 13.2. The molecule has 168 valence electrons. The number of hydrogen-bond acceptors (Lipinski definition) is 2. The van der Waals surface area contributed by atoms with Crippen LogP contribution in [0.5, 0.6) is 0 Å². The monoisotopic (exact) mass is 459 g/mol. The van der Waals surface area contributed by atoms with Gasteiger partial charge in [0, 0.05) is 28.2 Å². The summed E-state index contributed by atoms with van der Waals surface area (Å²) in [5.41, 5.74) is 5.02. The fraction of sp³-hybridized carbons (Fsp3) is 0.185. The first kappa shape index (κ1) is 22.6. The lowest BCUT2D eigenvalue weighted by Gasteiger charge is -2.23. The van der Waals surface area contributed by atoms with Gasteiger partial charge in [0.2, 0.25) is 0 Å². The zero-order valence-corrected chi connectivity index (χ0v) is 19.4.